The summed E-state index contributed by atoms with van der Waals surface area (Å²) < 4.78 is 30.8. The van der Waals surface area contributed by atoms with Crippen molar-refractivity contribution in [3.8, 4) is 17.1 Å². The van der Waals surface area contributed by atoms with Gasteiger partial charge in [0.25, 0.3) is 0 Å². The van der Waals surface area contributed by atoms with Gasteiger partial charge in [-0.25, -0.2) is 0 Å². The molecule has 0 spiro atoms. The van der Waals surface area contributed by atoms with Gasteiger partial charge in [0.1, 0.15) is 5.75 Å². The summed E-state index contributed by atoms with van der Waals surface area (Å²) in [7, 11) is 0. The van der Waals surface area contributed by atoms with Crippen LogP contribution in [-0.2, 0) is 11.3 Å². The molecule has 0 aliphatic rings. The summed E-state index contributed by atoms with van der Waals surface area (Å²) >= 11 is 13.2. The molecule has 1 aromatic heterocycles. The minimum absolute atomic E-state index is 0.0576. The molecule has 0 fully saturated rings. The molecule has 1 heterocycles. The van der Waals surface area contributed by atoms with Crippen molar-refractivity contribution in [2.75, 3.05) is 11.1 Å². The Bertz CT molecular complexity index is 1030. The maximum absolute atomic E-state index is 12.3. The normalized spacial score (nSPS) is 11.0. The number of alkyl halides is 2. The first kappa shape index (κ1) is 22.3. The van der Waals surface area contributed by atoms with E-state index in [1.807, 2.05) is 11.5 Å². The van der Waals surface area contributed by atoms with E-state index in [1.54, 1.807) is 30.3 Å². The lowest BCUT2D eigenvalue weighted by Gasteiger charge is -2.09. The van der Waals surface area contributed by atoms with Crippen LogP contribution >= 0.6 is 35.0 Å². The number of carbonyl (C=O) groups is 1. The Kier molecular flexibility index (Phi) is 7.52. The van der Waals surface area contributed by atoms with Gasteiger partial charge in [-0.15, -0.1) is 10.2 Å². The largest absolute Gasteiger partial charge is 0.435 e. The highest BCUT2D eigenvalue weighted by Gasteiger charge is 2.16. The number of aromatic nitrogens is 3. The van der Waals surface area contributed by atoms with Crippen molar-refractivity contribution in [1.29, 1.82) is 0 Å². The fourth-order valence-electron chi connectivity index (χ4n) is 2.59. The number of amides is 1. The minimum Gasteiger partial charge on any atom is -0.435 e. The smallest absolute Gasteiger partial charge is 0.387 e. The van der Waals surface area contributed by atoms with E-state index in [-0.39, 0.29) is 17.4 Å². The molecule has 0 aliphatic heterocycles. The lowest BCUT2D eigenvalue weighted by molar-refractivity contribution is -0.113. The number of rotatable bonds is 8. The number of hydrogen-bond donors (Lipinski definition) is 1. The minimum atomic E-state index is -2.88. The Hall–Kier alpha value is -2.36. The van der Waals surface area contributed by atoms with Crippen molar-refractivity contribution in [2.24, 2.45) is 0 Å². The van der Waals surface area contributed by atoms with E-state index in [9.17, 15) is 13.6 Å². The maximum atomic E-state index is 12.3. The van der Waals surface area contributed by atoms with E-state index in [0.29, 0.717) is 38.8 Å². The number of nitrogens with one attached hydrogen (secondary N) is 1. The van der Waals surface area contributed by atoms with Crippen LogP contribution < -0.4 is 10.1 Å². The zero-order valence-corrected chi connectivity index (χ0v) is 17.9. The monoisotopic (exact) mass is 472 g/mol. The van der Waals surface area contributed by atoms with E-state index in [0.717, 1.165) is 0 Å². The second kappa shape index (κ2) is 10.1. The summed E-state index contributed by atoms with van der Waals surface area (Å²) in [5.74, 6) is 0.427. The van der Waals surface area contributed by atoms with E-state index in [1.165, 1.54) is 23.9 Å². The molecule has 3 aromatic rings. The molecule has 2 aromatic carbocycles. The van der Waals surface area contributed by atoms with Gasteiger partial charge >= 0.3 is 6.61 Å². The van der Waals surface area contributed by atoms with Crippen molar-refractivity contribution in [1.82, 2.24) is 14.8 Å². The summed E-state index contributed by atoms with van der Waals surface area (Å²) in [5, 5.41) is 12.4. The van der Waals surface area contributed by atoms with Crippen LogP contribution in [0.5, 0.6) is 5.75 Å². The predicted molar refractivity (Wildman–Crippen MR) is 114 cm³/mol. The van der Waals surface area contributed by atoms with Crippen LogP contribution in [0.1, 0.15) is 6.92 Å². The van der Waals surface area contributed by atoms with Crippen LogP contribution in [0.15, 0.2) is 47.6 Å². The molecule has 0 aliphatic carbocycles. The van der Waals surface area contributed by atoms with E-state index in [4.69, 9.17) is 23.2 Å². The third kappa shape index (κ3) is 5.62. The number of thioether (sulfide) groups is 1. The average molecular weight is 473 g/mol. The van der Waals surface area contributed by atoms with Gasteiger partial charge in [0, 0.05) is 17.1 Å². The molecule has 1 amide bonds. The van der Waals surface area contributed by atoms with Crippen LogP contribution in [-0.4, -0.2) is 33.0 Å². The second-order valence-electron chi connectivity index (χ2n) is 5.91. The number of ether oxygens (including phenoxy) is 1. The first-order valence-corrected chi connectivity index (χ1v) is 10.5. The molecule has 0 atom stereocenters. The SMILES string of the molecule is CCn1c(SCC(=O)Nc2cc(Cl)ccc2Cl)nnc1-c1ccc(OC(F)F)cc1. The fraction of sp³-hybridized carbons (Fsp3) is 0.211. The summed E-state index contributed by atoms with van der Waals surface area (Å²) in [6.07, 6.45) is 0. The standard InChI is InChI=1S/C19H16Cl2F2N4O2S/c1-2-27-17(11-3-6-13(7-4-11)29-18(22)23)25-26-19(27)30-10-16(28)24-15-9-12(20)5-8-14(15)21/h3-9,18H,2,10H2,1H3,(H,24,28). The number of nitrogens with zero attached hydrogens (tertiary/aromatic N) is 3. The van der Waals surface area contributed by atoms with Gasteiger partial charge in [-0.2, -0.15) is 8.78 Å². The Morgan fingerprint density at radius 2 is 1.93 bits per heavy atom. The number of halogens is 4. The van der Waals surface area contributed by atoms with E-state index < -0.39 is 6.61 Å². The summed E-state index contributed by atoms with van der Waals surface area (Å²) in [6.45, 7) is -0.412. The van der Waals surface area contributed by atoms with E-state index >= 15 is 0 Å². The quantitative estimate of drug-likeness (QED) is 0.431. The highest BCUT2D eigenvalue weighted by molar-refractivity contribution is 7.99. The zero-order chi connectivity index (χ0) is 21.7. The van der Waals surface area contributed by atoms with Crippen LogP contribution in [0.25, 0.3) is 11.4 Å². The molecular weight excluding hydrogens is 457 g/mol. The van der Waals surface area contributed by atoms with Crippen molar-refractivity contribution >= 4 is 46.6 Å². The Morgan fingerprint density at radius 3 is 2.60 bits per heavy atom. The topological polar surface area (TPSA) is 69.0 Å². The molecule has 0 unspecified atom stereocenters. The van der Waals surface area contributed by atoms with Gasteiger partial charge in [0.15, 0.2) is 11.0 Å². The molecule has 0 radical (unpaired) electrons. The maximum Gasteiger partial charge on any atom is 0.387 e. The molecule has 1 N–H and O–H groups in total. The van der Waals surface area contributed by atoms with Gasteiger partial charge in [-0.1, -0.05) is 35.0 Å². The van der Waals surface area contributed by atoms with Crippen molar-refractivity contribution < 1.29 is 18.3 Å². The molecular formula is C19H16Cl2F2N4O2S. The fourth-order valence-corrected chi connectivity index (χ4v) is 3.73. The highest BCUT2D eigenvalue weighted by atomic mass is 35.5. The highest BCUT2D eigenvalue weighted by Crippen LogP contribution is 2.28. The Labute approximate surface area is 185 Å². The third-order valence-corrected chi connectivity index (χ3v) is 5.44. The zero-order valence-electron chi connectivity index (χ0n) is 15.6. The average Bonchev–Trinajstić information content (AvgIpc) is 3.12. The van der Waals surface area contributed by atoms with Crippen molar-refractivity contribution in [2.45, 2.75) is 25.2 Å². The van der Waals surface area contributed by atoms with Crippen LogP contribution in [0.4, 0.5) is 14.5 Å². The molecule has 0 saturated carbocycles. The molecule has 30 heavy (non-hydrogen) atoms. The van der Waals surface area contributed by atoms with Gasteiger partial charge < -0.3 is 14.6 Å². The molecule has 0 saturated heterocycles. The first-order valence-electron chi connectivity index (χ1n) is 8.73. The Morgan fingerprint density at radius 1 is 1.20 bits per heavy atom. The Balaban J connectivity index is 1.68. The second-order valence-corrected chi connectivity index (χ2v) is 7.70. The number of hydrogen-bond acceptors (Lipinski definition) is 5. The third-order valence-electron chi connectivity index (χ3n) is 3.91. The first-order chi connectivity index (χ1) is 14.4. The predicted octanol–water partition coefficient (Wildman–Crippen LogP) is 5.60. The lowest BCUT2D eigenvalue weighted by Crippen LogP contribution is -2.15. The summed E-state index contributed by atoms with van der Waals surface area (Å²) in [6, 6.07) is 10.9. The van der Waals surface area contributed by atoms with Crippen LogP contribution in [0.2, 0.25) is 10.0 Å². The van der Waals surface area contributed by atoms with Gasteiger partial charge in [-0.3, -0.25) is 4.79 Å². The van der Waals surface area contributed by atoms with Gasteiger partial charge in [0.05, 0.1) is 16.5 Å². The molecule has 0 bridgehead atoms. The molecule has 3 rings (SSSR count). The molecule has 11 heteroatoms. The van der Waals surface area contributed by atoms with Crippen LogP contribution in [0, 0.1) is 0 Å². The van der Waals surface area contributed by atoms with Gasteiger partial charge in [0.2, 0.25) is 5.91 Å². The van der Waals surface area contributed by atoms with Crippen molar-refractivity contribution in [3.05, 3.63) is 52.5 Å². The number of anilines is 1. The van der Waals surface area contributed by atoms with E-state index in [2.05, 4.69) is 20.3 Å². The summed E-state index contributed by atoms with van der Waals surface area (Å²) in [4.78, 5) is 12.3. The van der Waals surface area contributed by atoms with Crippen molar-refractivity contribution in [3.63, 3.8) is 0 Å². The number of benzene rings is 2. The molecule has 158 valence electrons. The molecule has 6 nitrogen and oxygen atoms in total. The lowest BCUT2D eigenvalue weighted by atomic mass is 10.2. The van der Waals surface area contributed by atoms with Gasteiger partial charge in [-0.05, 0) is 49.4 Å². The van der Waals surface area contributed by atoms with Crippen LogP contribution in [0.3, 0.4) is 0 Å². The summed E-state index contributed by atoms with van der Waals surface area (Å²) in [5.41, 5.74) is 1.12. The number of carbonyl (C=O) groups excluding carboxylic acids is 1.